The maximum atomic E-state index is 12.1. The molecule has 0 radical (unpaired) electrons. The van der Waals surface area contributed by atoms with Crippen molar-refractivity contribution in [3.8, 4) is 0 Å². The van der Waals surface area contributed by atoms with Gasteiger partial charge < -0.3 is 14.6 Å². The van der Waals surface area contributed by atoms with Gasteiger partial charge in [-0.25, -0.2) is 0 Å². The van der Waals surface area contributed by atoms with Crippen molar-refractivity contribution in [2.24, 2.45) is 0 Å². The van der Waals surface area contributed by atoms with E-state index in [4.69, 9.17) is 4.74 Å². The SMILES string of the molecule is O=C(c1cc([N+](=O)[O-])c[nH]1)N1CCOC(CBr)C1. The van der Waals surface area contributed by atoms with Crippen LogP contribution in [0.15, 0.2) is 12.3 Å². The summed E-state index contributed by atoms with van der Waals surface area (Å²) in [5, 5.41) is 11.2. The number of amides is 1. The zero-order chi connectivity index (χ0) is 13.1. The molecule has 2 heterocycles. The number of nitro groups is 1. The number of morpholine rings is 1. The van der Waals surface area contributed by atoms with Crippen molar-refractivity contribution in [3.63, 3.8) is 0 Å². The van der Waals surface area contributed by atoms with Gasteiger partial charge in [0.1, 0.15) is 5.69 Å². The van der Waals surface area contributed by atoms with E-state index in [2.05, 4.69) is 20.9 Å². The summed E-state index contributed by atoms with van der Waals surface area (Å²) in [6, 6.07) is 1.25. The monoisotopic (exact) mass is 317 g/mol. The first kappa shape index (κ1) is 13.0. The highest BCUT2D eigenvalue weighted by atomic mass is 79.9. The zero-order valence-electron chi connectivity index (χ0n) is 9.47. The van der Waals surface area contributed by atoms with Gasteiger partial charge in [-0.2, -0.15) is 0 Å². The Morgan fingerprint density at radius 3 is 3.11 bits per heavy atom. The predicted molar refractivity (Wildman–Crippen MR) is 66.9 cm³/mol. The van der Waals surface area contributed by atoms with Gasteiger partial charge >= 0.3 is 0 Å². The minimum Gasteiger partial charge on any atom is -0.374 e. The molecule has 8 heteroatoms. The van der Waals surface area contributed by atoms with Crippen LogP contribution >= 0.6 is 15.9 Å². The summed E-state index contributed by atoms with van der Waals surface area (Å²) in [6.45, 7) is 1.46. The summed E-state index contributed by atoms with van der Waals surface area (Å²) >= 11 is 3.31. The van der Waals surface area contributed by atoms with E-state index in [0.717, 1.165) is 0 Å². The summed E-state index contributed by atoms with van der Waals surface area (Å²) in [5.41, 5.74) is 0.126. The quantitative estimate of drug-likeness (QED) is 0.514. The smallest absolute Gasteiger partial charge is 0.287 e. The molecule has 1 unspecified atom stereocenters. The Balaban J connectivity index is 2.07. The Morgan fingerprint density at radius 1 is 1.72 bits per heavy atom. The van der Waals surface area contributed by atoms with Crippen LogP contribution in [0.4, 0.5) is 5.69 Å². The second-order valence-corrected chi connectivity index (χ2v) is 4.57. The number of halogens is 1. The maximum Gasteiger partial charge on any atom is 0.287 e. The van der Waals surface area contributed by atoms with Crippen molar-refractivity contribution >= 4 is 27.5 Å². The van der Waals surface area contributed by atoms with E-state index in [9.17, 15) is 14.9 Å². The molecule has 1 fully saturated rings. The van der Waals surface area contributed by atoms with E-state index >= 15 is 0 Å². The summed E-state index contributed by atoms with van der Waals surface area (Å²) < 4.78 is 5.43. The Bertz CT molecular complexity index is 462. The average molecular weight is 318 g/mol. The molecule has 98 valence electrons. The molecule has 1 aliphatic rings. The normalized spacial score (nSPS) is 19.8. The number of alkyl halides is 1. The summed E-state index contributed by atoms with van der Waals surface area (Å²) in [7, 11) is 0. The van der Waals surface area contributed by atoms with Crippen LogP contribution in [0, 0.1) is 10.1 Å². The number of carbonyl (C=O) groups is 1. The fraction of sp³-hybridized carbons (Fsp3) is 0.500. The van der Waals surface area contributed by atoms with Crippen LogP contribution in [0.3, 0.4) is 0 Å². The van der Waals surface area contributed by atoms with Crippen molar-refractivity contribution < 1.29 is 14.5 Å². The predicted octanol–water partition coefficient (Wildman–Crippen LogP) is 1.16. The van der Waals surface area contributed by atoms with E-state index < -0.39 is 4.92 Å². The van der Waals surface area contributed by atoms with Crippen molar-refractivity contribution in [1.82, 2.24) is 9.88 Å². The molecule has 1 aliphatic heterocycles. The number of H-pyrrole nitrogens is 1. The number of hydrogen-bond donors (Lipinski definition) is 1. The number of aromatic amines is 1. The average Bonchev–Trinajstić information content (AvgIpc) is 2.87. The molecule has 7 nitrogen and oxygen atoms in total. The molecule has 1 N–H and O–H groups in total. The van der Waals surface area contributed by atoms with Gasteiger partial charge in [-0.3, -0.25) is 14.9 Å². The Hall–Kier alpha value is -1.41. The lowest BCUT2D eigenvalue weighted by Gasteiger charge is -2.31. The second-order valence-electron chi connectivity index (χ2n) is 3.93. The lowest BCUT2D eigenvalue weighted by molar-refractivity contribution is -0.384. The van der Waals surface area contributed by atoms with Crippen LogP contribution in [0.25, 0.3) is 0 Å². The minimum absolute atomic E-state index is 0.0346. The third kappa shape index (κ3) is 2.70. The van der Waals surface area contributed by atoms with Gasteiger partial charge in [-0.15, -0.1) is 0 Å². The third-order valence-electron chi connectivity index (χ3n) is 2.71. The molecule has 2 rings (SSSR count). The van der Waals surface area contributed by atoms with E-state index in [1.807, 2.05) is 0 Å². The number of aromatic nitrogens is 1. The van der Waals surface area contributed by atoms with Crippen LogP contribution in [-0.2, 0) is 4.74 Å². The molecule has 0 saturated carbocycles. The number of hydrogen-bond acceptors (Lipinski definition) is 4. The molecule has 1 aromatic rings. The van der Waals surface area contributed by atoms with Gasteiger partial charge in [0.15, 0.2) is 0 Å². The van der Waals surface area contributed by atoms with Crippen LogP contribution in [0.5, 0.6) is 0 Å². The first-order chi connectivity index (χ1) is 8.61. The van der Waals surface area contributed by atoms with Gasteiger partial charge in [-0.05, 0) is 0 Å². The van der Waals surface area contributed by atoms with Crippen LogP contribution in [0.1, 0.15) is 10.5 Å². The van der Waals surface area contributed by atoms with Crippen LogP contribution in [0.2, 0.25) is 0 Å². The number of carbonyl (C=O) groups excluding carboxylic acids is 1. The topological polar surface area (TPSA) is 88.5 Å². The van der Waals surface area contributed by atoms with Crippen LogP contribution in [-0.4, -0.2) is 51.8 Å². The van der Waals surface area contributed by atoms with Crippen molar-refractivity contribution in [3.05, 3.63) is 28.1 Å². The standard InChI is InChI=1S/C10H12BrN3O4/c11-4-8-6-13(1-2-18-8)10(15)9-3-7(5-12-9)14(16)17/h3,5,8,12H,1-2,4,6H2. The van der Waals surface area contributed by atoms with Gasteiger partial charge in [0.2, 0.25) is 0 Å². The number of nitrogens with one attached hydrogen (secondary N) is 1. The lowest BCUT2D eigenvalue weighted by Crippen LogP contribution is -2.46. The molecule has 1 saturated heterocycles. The van der Waals surface area contributed by atoms with E-state index in [1.54, 1.807) is 4.90 Å². The van der Waals surface area contributed by atoms with E-state index in [0.29, 0.717) is 25.0 Å². The first-order valence-corrected chi connectivity index (χ1v) is 6.53. The van der Waals surface area contributed by atoms with E-state index in [-0.39, 0.29) is 23.4 Å². The summed E-state index contributed by atoms with van der Waals surface area (Å²) in [4.78, 5) is 26.4. The van der Waals surface area contributed by atoms with Gasteiger partial charge in [0, 0.05) is 24.5 Å². The zero-order valence-corrected chi connectivity index (χ0v) is 11.1. The highest BCUT2D eigenvalue weighted by Crippen LogP contribution is 2.16. The fourth-order valence-electron chi connectivity index (χ4n) is 1.78. The second kappa shape index (κ2) is 5.49. The highest BCUT2D eigenvalue weighted by molar-refractivity contribution is 9.09. The minimum atomic E-state index is -0.534. The molecule has 0 spiro atoms. The summed E-state index contributed by atoms with van der Waals surface area (Å²) in [6.07, 6.45) is 1.18. The number of ether oxygens (including phenoxy) is 1. The molecule has 1 amide bonds. The summed E-state index contributed by atoms with van der Waals surface area (Å²) in [5.74, 6) is -0.239. The molecule has 1 aromatic heterocycles. The molecule has 1 atom stereocenters. The first-order valence-electron chi connectivity index (χ1n) is 5.41. The number of nitrogens with zero attached hydrogens (tertiary/aromatic N) is 2. The maximum absolute atomic E-state index is 12.1. The third-order valence-corrected chi connectivity index (χ3v) is 3.43. The van der Waals surface area contributed by atoms with Crippen molar-refractivity contribution in [2.75, 3.05) is 25.0 Å². The Morgan fingerprint density at radius 2 is 2.50 bits per heavy atom. The van der Waals surface area contributed by atoms with Gasteiger partial charge in [-0.1, -0.05) is 15.9 Å². The molecule has 0 aromatic carbocycles. The molecular formula is C10H12BrN3O4. The van der Waals surface area contributed by atoms with Gasteiger partial charge in [0.05, 0.1) is 23.8 Å². The van der Waals surface area contributed by atoms with E-state index in [1.165, 1.54) is 12.3 Å². The lowest BCUT2D eigenvalue weighted by atomic mass is 10.2. The van der Waals surface area contributed by atoms with Crippen LogP contribution < -0.4 is 0 Å². The molecular weight excluding hydrogens is 306 g/mol. The fourth-order valence-corrected chi connectivity index (χ4v) is 2.17. The van der Waals surface area contributed by atoms with Gasteiger partial charge in [0.25, 0.3) is 11.6 Å². The highest BCUT2D eigenvalue weighted by Gasteiger charge is 2.26. The van der Waals surface area contributed by atoms with Crippen molar-refractivity contribution in [2.45, 2.75) is 6.10 Å². The molecule has 0 bridgehead atoms. The van der Waals surface area contributed by atoms with Crippen molar-refractivity contribution in [1.29, 1.82) is 0 Å². The Kier molecular flexibility index (Phi) is 3.97. The Labute approximate surface area is 111 Å². The molecule has 18 heavy (non-hydrogen) atoms. The molecule has 0 aliphatic carbocycles. The number of rotatable bonds is 3. The largest absolute Gasteiger partial charge is 0.374 e.